The quantitative estimate of drug-likeness (QED) is 0.170. The largest absolute Gasteiger partial charge is 0.489 e. The van der Waals surface area contributed by atoms with E-state index in [-0.39, 0.29) is 11.5 Å². The van der Waals surface area contributed by atoms with E-state index in [1.165, 1.54) is 18.3 Å². The second kappa shape index (κ2) is 10.3. The summed E-state index contributed by atoms with van der Waals surface area (Å²) in [4.78, 5) is 14.6. The number of aromatic nitrogens is 2. The summed E-state index contributed by atoms with van der Waals surface area (Å²) in [5.74, 6) is 0.883. The Labute approximate surface area is 205 Å². The number of anilines is 1. The van der Waals surface area contributed by atoms with E-state index in [0.29, 0.717) is 6.61 Å². The number of hydrogen-bond donors (Lipinski definition) is 1. The Bertz CT molecular complexity index is 1330. The number of benzene rings is 2. The summed E-state index contributed by atoms with van der Waals surface area (Å²) >= 11 is 3.44. The van der Waals surface area contributed by atoms with Gasteiger partial charge in [0.15, 0.2) is 0 Å². The third kappa shape index (κ3) is 5.32. The fourth-order valence-electron chi connectivity index (χ4n) is 3.55. The summed E-state index contributed by atoms with van der Waals surface area (Å²) in [6, 6.07) is 20.8. The minimum Gasteiger partial charge on any atom is -0.489 e. The molecule has 4 rings (SSSR count). The van der Waals surface area contributed by atoms with E-state index in [1.54, 1.807) is 6.21 Å². The van der Waals surface area contributed by atoms with Crippen LogP contribution in [0.4, 0.5) is 11.5 Å². The highest BCUT2D eigenvalue weighted by molar-refractivity contribution is 9.10. The molecule has 0 aliphatic carbocycles. The molecule has 2 heterocycles. The molecule has 2 aromatic heterocycles. The van der Waals surface area contributed by atoms with Gasteiger partial charge in [-0.3, -0.25) is 15.5 Å². The minimum atomic E-state index is -0.497. The lowest BCUT2D eigenvalue weighted by molar-refractivity contribution is -0.384. The van der Waals surface area contributed by atoms with Crippen molar-refractivity contribution in [3.05, 3.63) is 110 Å². The predicted octanol–water partition coefficient (Wildman–Crippen LogP) is 6.18. The Balaban J connectivity index is 1.46. The third-order valence-electron chi connectivity index (χ3n) is 5.24. The Kier molecular flexibility index (Phi) is 7.03. The highest BCUT2D eigenvalue weighted by Gasteiger charge is 2.13. The summed E-state index contributed by atoms with van der Waals surface area (Å²) < 4.78 is 9.05. The topological polar surface area (TPSA) is 94.6 Å². The zero-order valence-corrected chi connectivity index (χ0v) is 20.2. The van der Waals surface area contributed by atoms with Gasteiger partial charge in [0.1, 0.15) is 12.4 Å². The molecule has 0 radical (unpaired) electrons. The van der Waals surface area contributed by atoms with Gasteiger partial charge in [0.2, 0.25) is 5.82 Å². The van der Waals surface area contributed by atoms with Crippen LogP contribution in [-0.2, 0) is 6.61 Å². The molecular formula is C25H22BrN5O3. The molecule has 0 amide bonds. The zero-order chi connectivity index (χ0) is 24.1. The van der Waals surface area contributed by atoms with E-state index >= 15 is 0 Å². The molecule has 34 heavy (non-hydrogen) atoms. The van der Waals surface area contributed by atoms with Crippen molar-refractivity contribution in [2.24, 2.45) is 5.10 Å². The van der Waals surface area contributed by atoms with Crippen LogP contribution in [0.2, 0.25) is 0 Å². The summed E-state index contributed by atoms with van der Waals surface area (Å²) in [7, 11) is 0. The van der Waals surface area contributed by atoms with Gasteiger partial charge in [0, 0.05) is 39.4 Å². The Morgan fingerprint density at radius 2 is 1.88 bits per heavy atom. The standard InChI is InChI=1S/C25H22BrN5O3/c1-17-14-20(15-28-29-25-24(31(32)33)4-3-13-27-25)18(2)30(17)22-9-11-23(12-10-22)34-16-19-5-7-21(26)8-6-19/h3-15H,16H2,1-2H3,(H,27,29)/b28-15-. The van der Waals surface area contributed by atoms with Crippen molar-refractivity contribution in [3.63, 3.8) is 0 Å². The first-order valence-corrected chi connectivity index (χ1v) is 11.3. The van der Waals surface area contributed by atoms with Crippen molar-refractivity contribution in [3.8, 4) is 11.4 Å². The van der Waals surface area contributed by atoms with E-state index in [4.69, 9.17) is 4.74 Å². The minimum absolute atomic E-state index is 0.0938. The number of aryl methyl sites for hydroxylation is 1. The lowest BCUT2D eigenvalue weighted by atomic mass is 10.2. The molecule has 2 aromatic carbocycles. The lowest BCUT2D eigenvalue weighted by Crippen LogP contribution is -2.01. The second-order valence-electron chi connectivity index (χ2n) is 7.57. The number of ether oxygens (including phenoxy) is 1. The molecule has 0 unspecified atom stereocenters. The predicted molar refractivity (Wildman–Crippen MR) is 136 cm³/mol. The smallest absolute Gasteiger partial charge is 0.313 e. The number of rotatable bonds is 8. The number of halogens is 1. The molecule has 8 nitrogen and oxygen atoms in total. The van der Waals surface area contributed by atoms with Gasteiger partial charge in [0.25, 0.3) is 0 Å². The van der Waals surface area contributed by atoms with Gasteiger partial charge < -0.3 is 9.30 Å². The monoisotopic (exact) mass is 519 g/mol. The van der Waals surface area contributed by atoms with E-state index in [2.05, 4.69) is 36.0 Å². The highest BCUT2D eigenvalue weighted by Crippen LogP contribution is 2.24. The van der Waals surface area contributed by atoms with Gasteiger partial charge in [-0.2, -0.15) is 5.10 Å². The molecule has 0 fully saturated rings. The van der Waals surface area contributed by atoms with Crippen LogP contribution in [0.1, 0.15) is 22.5 Å². The van der Waals surface area contributed by atoms with Gasteiger partial charge in [0.05, 0.1) is 11.1 Å². The molecule has 0 aliphatic heterocycles. The number of hydrazone groups is 1. The highest BCUT2D eigenvalue weighted by atomic mass is 79.9. The normalized spacial score (nSPS) is 11.0. The Morgan fingerprint density at radius 3 is 2.59 bits per heavy atom. The van der Waals surface area contributed by atoms with Crippen molar-refractivity contribution in [2.45, 2.75) is 20.5 Å². The maximum absolute atomic E-state index is 11.1. The Hall–Kier alpha value is -3.98. The van der Waals surface area contributed by atoms with Gasteiger partial charge in [-0.05, 0) is 67.9 Å². The second-order valence-corrected chi connectivity index (χ2v) is 8.48. The molecule has 1 N–H and O–H groups in total. The number of nitrogens with zero attached hydrogens (tertiary/aromatic N) is 4. The van der Waals surface area contributed by atoms with E-state index in [0.717, 1.165) is 38.4 Å². The molecule has 172 valence electrons. The van der Waals surface area contributed by atoms with E-state index in [1.807, 2.05) is 68.4 Å². The molecule has 0 atom stereocenters. The molecule has 9 heteroatoms. The third-order valence-corrected chi connectivity index (χ3v) is 5.77. The van der Waals surface area contributed by atoms with Crippen molar-refractivity contribution in [1.29, 1.82) is 0 Å². The number of nitrogens with one attached hydrogen (secondary N) is 1. The molecule has 0 spiro atoms. The maximum atomic E-state index is 11.1. The van der Waals surface area contributed by atoms with Gasteiger partial charge in [-0.15, -0.1) is 0 Å². The van der Waals surface area contributed by atoms with Crippen molar-refractivity contribution >= 4 is 33.6 Å². The van der Waals surface area contributed by atoms with Crippen molar-refractivity contribution < 1.29 is 9.66 Å². The SMILES string of the molecule is Cc1cc(/C=N\Nc2ncccc2[N+](=O)[O-])c(C)n1-c1ccc(OCc2ccc(Br)cc2)cc1. The fraction of sp³-hybridized carbons (Fsp3) is 0.120. The van der Waals surface area contributed by atoms with Crippen molar-refractivity contribution in [2.75, 3.05) is 5.43 Å². The van der Waals surface area contributed by atoms with Crippen LogP contribution in [0.25, 0.3) is 5.69 Å². The van der Waals surface area contributed by atoms with Crippen LogP contribution in [0.3, 0.4) is 0 Å². The van der Waals surface area contributed by atoms with E-state index in [9.17, 15) is 10.1 Å². The molecule has 0 aliphatic rings. The van der Waals surface area contributed by atoms with Crippen LogP contribution in [0, 0.1) is 24.0 Å². The molecule has 0 saturated carbocycles. The van der Waals surface area contributed by atoms with Crippen LogP contribution < -0.4 is 10.2 Å². The summed E-state index contributed by atoms with van der Waals surface area (Å²) in [6.45, 7) is 4.51. The maximum Gasteiger partial charge on any atom is 0.313 e. The summed E-state index contributed by atoms with van der Waals surface area (Å²) in [5.41, 5.74) is 7.54. The number of nitro groups is 1. The Morgan fingerprint density at radius 1 is 1.15 bits per heavy atom. The van der Waals surface area contributed by atoms with Crippen LogP contribution >= 0.6 is 15.9 Å². The molecule has 0 bridgehead atoms. The van der Waals surface area contributed by atoms with E-state index < -0.39 is 4.92 Å². The lowest BCUT2D eigenvalue weighted by Gasteiger charge is -2.11. The zero-order valence-electron chi connectivity index (χ0n) is 18.6. The average Bonchev–Trinajstić information content (AvgIpc) is 3.12. The molecule has 0 saturated heterocycles. The first-order chi connectivity index (χ1) is 16.4. The van der Waals surface area contributed by atoms with Gasteiger partial charge in [-0.25, -0.2) is 4.98 Å². The van der Waals surface area contributed by atoms with Gasteiger partial charge in [-0.1, -0.05) is 28.1 Å². The van der Waals surface area contributed by atoms with Crippen LogP contribution in [0.5, 0.6) is 5.75 Å². The van der Waals surface area contributed by atoms with Crippen LogP contribution in [0.15, 0.2) is 82.5 Å². The average molecular weight is 520 g/mol. The molecule has 4 aromatic rings. The summed E-state index contributed by atoms with van der Waals surface area (Å²) in [5, 5.41) is 15.3. The number of hydrogen-bond acceptors (Lipinski definition) is 6. The first kappa shape index (κ1) is 23.2. The molecular weight excluding hydrogens is 498 g/mol. The van der Waals surface area contributed by atoms with Crippen LogP contribution in [-0.4, -0.2) is 20.7 Å². The number of pyridine rings is 1. The first-order valence-electron chi connectivity index (χ1n) is 10.5. The fourth-order valence-corrected chi connectivity index (χ4v) is 3.81. The van der Waals surface area contributed by atoms with Gasteiger partial charge >= 0.3 is 5.69 Å². The summed E-state index contributed by atoms with van der Waals surface area (Å²) in [6.07, 6.45) is 3.11. The van der Waals surface area contributed by atoms with Crippen molar-refractivity contribution in [1.82, 2.24) is 9.55 Å².